The van der Waals surface area contributed by atoms with E-state index in [1.165, 1.54) is 35.9 Å². The Balaban J connectivity index is 1.95. The summed E-state index contributed by atoms with van der Waals surface area (Å²) in [6.45, 7) is -0.304. The molecule has 2 amide bonds. The maximum atomic E-state index is 13.4. The third-order valence-electron chi connectivity index (χ3n) is 4.94. The van der Waals surface area contributed by atoms with Crippen LogP contribution in [0, 0.1) is 0 Å². The molecule has 1 atom stereocenters. The van der Waals surface area contributed by atoms with Crippen LogP contribution in [-0.2, 0) is 16.1 Å². The van der Waals surface area contributed by atoms with Crippen LogP contribution in [0.25, 0.3) is 0 Å². The van der Waals surface area contributed by atoms with Crippen LogP contribution in [0.5, 0.6) is 0 Å². The molecule has 0 unspecified atom stereocenters. The van der Waals surface area contributed by atoms with Crippen molar-refractivity contribution in [3.05, 3.63) is 52.5 Å². The number of nitrogens with one attached hydrogen (secondary N) is 1. The molecule has 29 heavy (non-hydrogen) atoms. The number of halogens is 3. The Morgan fingerprint density at radius 2 is 1.86 bits per heavy atom. The zero-order chi connectivity index (χ0) is 20.9. The van der Waals surface area contributed by atoms with Crippen molar-refractivity contribution in [2.24, 2.45) is 0 Å². The molecule has 1 saturated carbocycles. The summed E-state index contributed by atoms with van der Waals surface area (Å²) < 4.78 is 40.2. The number of rotatable bonds is 6. The quantitative estimate of drug-likeness (QED) is 0.754. The van der Waals surface area contributed by atoms with Crippen molar-refractivity contribution in [3.8, 4) is 0 Å². The van der Waals surface area contributed by atoms with E-state index in [1.807, 2.05) is 0 Å². The lowest BCUT2D eigenvalue weighted by molar-refractivity contribution is -0.189. The maximum Gasteiger partial charge on any atom is 0.471 e. The molecule has 156 valence electrons. The van der Waals surface area contributed by atoms with Crippen LogP contribution in [0.2, 0.25) is 0 Å². The van der Waals surface area contributed by atoms with E-state index in [2.05, 4.69) is 10.3 Å². The van der Waals surface area contributed by atoms with Gasteiger partial charge in [0.05, 0.1) is 6.54 Å². The zero-order valence-corrected chi connectivity index (χ0v) is 16.5. The molecule has 0 spiro atoms. The Kier molecular flexibility index (Phi) is 6.89. The number of aromatic nitrogens is 1. The van der Waals surface area contributed by atoms with Gasteiger partial charge in [0.25, 0.3) is 0 Å². The lowest BCUT2D eigenvalue weighted by atomic mass is 9.94. The van der Waals surface area contributed by atoms with E-state index in [4.69, 9.17) is 0 Å². The van der Waals surface area contributed by atoms with E-state index in [-0.39, 0.29) is 12.6 Å². The van der Waals surface area contributed by atoms with E-state index in [0.717, 1.165) is 32.1 Å². The minimum absolute atomic E-state index is 0.0924. The highest BCUT2D eigenvalue weighted by atomic mass is 32.1. The smallest absolute Gasteiger partial charge is 0.351 e. The molecule has 0 saturated heterocycles. The van der Waals surface area contributed by atoms with Crippen molar-refractivity contribution in [1.82, 2.24) is 15.2 Å². The van der Waals surface area contributed by atoms with Crippen LogP contribution in [0.1, 0.15) is 48.6 Å². The van der Waals surface area contributed by atoms with Gasteiger partial charge >= 0.3 is 12.1 Å². The van der Waals surface area contributed by atoms with Crippen molar-refractivity contribution in [1.29, 1.82) is 0 Å². The van der Waals surface area contributed by atoms with Crippen LogP contribution in [0.3, 0.4) is 0 Å². The number of thiophene rings is 1. The van der Waals surface area contributed by atoms with Gasteiger partial charge in [-0.1, -0.05) is 25.3 Å². The molecule has 0 aliphatic heterocycles. The molecule has 1 fully saturated rings. The molecule has 2 aromatic rings. The Morgan fingerprint density at radius 3 is 2.45 bits per heavy atom. The number of hydrogen-bond acceptors (Lipinski definition) is 4. The molecular weight excluding hydrogens is 403 g/mol. The molecular formula is C20H22F3N3O2S. The van der Waals surface area contributed by atoms with Gasteiger partial charge in [-0.3, -0.25) is 14.6 Å². The Morgan fingerprint density at radius 1 is 1.17 bits per heavy atom. The molecule has 0 aromatic carbocycles. The lowest BCUT2D eigenvalue weighted by Gasteiger charge is -2.33. The standard InChI is InChI=1S/C20H22F3N3O2S/c21-20(22,23)19(28)26(13-16-7-4-12-29-16)17(14-8-10-24-11-9-14)18(27)25-15-5-2-1-3-6-15/h4,7-12,15,17H,1-3,5-6,13H2,(H,25,27)/t17-/m0/s1. The number of alkyl halides is 3. The molecule has 9 heteroatoms. The first-order valence-corrected chi connectivity index (χ1v) is 10.3. The van der Waals surface area contributed by atoms with E-state index < -0.39 is 24.0 Å². The number of amides is 2. The van der Waals surface area contributed by atoms with E-state index >= 15 is 0 Å². The largest absolute Gasteiger partial charge is 0.471 e. The minimum Gasteiger partial charge on any atom is -0.351 e. The number of hydrogen-bond donors (Lipinski definition) is 1. The minimum atomic E-state index is -5.09. The Labute approximate surface area is 170 Å². The summed E-state index contributed by atoms with van der Waals surface area (Å²) in [4.78, 5) is 30.5. The van der Waals surface area contributed by atoms with Gasteiger partial charge in [-0.15, -0.1) is 11.3 Å². The number of nitrogens with zero attached hydrogens (tertiary/aromatic N) is 2. The second kappa shape index (κ2) is 9.39. The van der Waals surface area contributed by atoms with E-state index in [0.29, 0.717) is 15.3 Å². The van der Waals surface area contributed by atoms with E-state index in [9.17, 15) is 22.8 Å². The number of pyridine rings is 1. The average molecular weight is 425 g/mol. The summed E-state index contributed by atoms with van der Waals surface area (Å²) >= 11 is 1.23. The van der Waals surface area contributed by atoms with Crippen LogP contribution in [0.4, 0.5) is 13.2 Å². The zero-order valence-electron chi connectivity index (χ0n) is 15.7. The first-order chi connectivity index (χ1) is 13.9. The number of carbonyl (C=O) groups is 2. The highest BCUT2D eigenvalue weighted by Gasteiger charge is 2.47. The monoisotopic (exact) mass is 425 g/mol. The van der Waals surface area contributed by atoms with Gasteiger partial charge in [-0.2, -0.15) is 13.2 Å². The molecule has 5 nitrogen and oxygen atoms in total. The van der Waals surface area contributed by atoms with Gasteiger partial charge in [0.15, 0.2) is 0 Å². The molecule has 1 aliphatic carbocycles. The fourth-order valence-corrected chi connectivity index (χ4v) is 4.26. The molecule has 0 radical (unpaired) electrons. The van der Waals surface area contributed by atoms with Crippen molar-refractivity contribution < 1.29 is 22.8 Å². The summed E-state index contributed by atoms with van der Waals surface area (Å²) in [5.74, 6) is -2.64. The van der Waals surface area contributed by atoms with Crippen molar-refractivity contribution in [3.63, 3.8) is 0 Å². The first-order valence-electron chi connectivity index (χ1n) is 9.46. The normalized spacial score (nSPS) is 16.2. The highest BCUT2D eigenvalue weighted by Crippen LogP contribution is 2.30. The van der Waals surface area contributed by atoms with Crippen LogP contribution < -0.4 is 5.32 Å². The van der Waals surface area contributed by atoms with Gasteiger partial charge < -0.3 is 10.2 Å². The lowest BCUT2D eigenvalue weighted by Crippen LogP contribution is -2.50. The summed E-state index contributed by atoms with van der Waals surface area (Å²) in [7, 11) is 0. The fraction of sp³-hybridized carbons (Fsp3) is 0.450. The molecule has 2 heterocycles. The van der Waals surface area contributed by atoms with Gasteiger partial charge in [-0.05, 0) is 42.0 Å². The topological polar surface area (TPSA) is 62.3 Å². The van der Waals surface area contributed by atoms with Gasteiger partial charge in [0.1, 0.15) is 6.04 Å². The second-order valence-electron chi connectivity index (χ2n) is 7.04. The third kappa shape index (κ3) is 5.56. The molecule has 0 bridgehead atoms. The summed E-state index contributed by atoms with van der Waals surface area (Å²) in [5.41, 5.74) is 0.294. The summed E-state index contributed by atoms with van der Waals surface area (Å²) in [6, 6.07) is 4.79. The van der Waals surface area contributed by atoms with Crippen molar-refractivity contribution in [2.75, 3.05) is 0 Å². The average Bonchev–Trinajstić information content (AvgIpc) is 3.21. The maximum absolute atomic E-state index is 13.4. The highest BCUT2D eigenvalue weighted by molar-refractivity contribution is 7.09. The first kappa shape index (κ1) is 21.3. The predicted octanol–water partition coefficient (Wildman–Crippen LogP) is 4.22. The van der Waals surface area contributed by atoms with Crippen LogP contribution in [0.15, 0.2) is 42.0 Å². The van der Waals surface area contributed by atoms with Gasteiger partial charge in [0.2, 0.25) is 5.91 Å². The Bertz CT molecular complexity index is 806. The van der Waals surface area contributed by atoms with Gasteiger partial charge in [0, 0.05) is 23.3 Å². The summed E-state index contributed by atoms with van der Waals surface area (Å²) in [5, 5.41) is 4.58. The summed E-state index contributed by atoms with van der Waals surface area (Å²) in [6.07, 6.45) is 2.29. The number of carbonyl (C=O) groups excluding carboxylic acids is 2. The fourth-order valence-electron chi connectivity index (χ4n) is 3.56. The van der Waals surface area contributed by atoms with Crippen molar-refractivity contribution in [2.45, 2.75) is 56.9 Å². The van der Waals surface area contributed by atoms with Gasteiger partial charge in [-0.25, -0.2) is 0 Å². The second-order valence-corrected chi connectivity index (χ2v) is 8.07. The Hall–Kier alpha value is -2.42. The van der Waals surface area contributed by atoms with Crippen molar-refractivity contribution >= 4 is 23.2 Å². The van der Waals surface area contributed by atoms with E-state index in [1.54, 1.807) is 17.5 Å². The molecule has 3 rings (SSSR count). The molecule has 1 aliphatic rings. The van der Waals surface area contributed by atoms with Crippen LogP contribution in [-0.4, -0.2) is 33.9 Å². The molecule has 1 N–H and O–H groups in total. The molecule has 2 aromatic heterocycles. The predicted molar refractivity (Wildman–Crippen MR) is 103 cm³/mol. The third-order valence-corrected chi connectivity index (χ3v) is 5.80. The van der Waals surface area contributed by atoms with Crippen LogP contribution >= 0.6 is 11.3 Å². The SMILES string of the molecule is O=C(NC1CCCCC1)[C@H](c1ccncc1)N(Cc1cccs1)C(=O)C(F)(F)F.